The van der Waals surface area contributed by atoms with E-state index in [0.717, 1.165) is 0 Å². The highest BCUT2D eigenvalue weighted by Crippen LogP contribution is 2.31. The summed E-state index contributed by atoms with van der Waals surface area (Å²) in [5.74, 6) is -2.86. The van der Waals surface area contributed by atoms with Crippen molar-refractivity contribution >= 4 is 48.7 Å². The molecule has 0 fully saturated rings. The molecule has 0 saturated carbocycles. The van der Waals surface area contributed by atoms with Crippen molar-refractivity contribution in [3.63, 3.8) is 0 Å². The van der Waals surface area contributed by atoms with Crippen LogP contribution < -0.4 is 0 Å². The lowest BCUT2D eigenvalue weighted by Gasteiger charge is -2.25. The monoisotopic (exact) mass is 580 g/mol. The zero-order valence-corrected chi connectivity index (χ0v) is 21.3. The van der Waals surface area contributed by atoms with Gasteiger partial charge in [-0.1, -0.05) is 54.6 Å². The number of alkyl halides is 3. The van der Waals surface area contributed by atoms with E-state index in [1.807, 2.05) is 0 Å². The van der Waals surface area contributed by atoms with Crippen molar-refractivity contribution < 1.29 is 44.3 Å². The van der Waals surface area contributed by atoms with Crippen LogP contribution in [-0.2, 0) is 40.7 Å². The fraction of sp³-hybridized carbons (Fsp3) is 0.136. The molecule has 1 N–H and O–H groups in total. The van der Waals surface area contributed by atoms with E-state index < -0.39 is 42.8 Å². The van der Waals surface area contributed by atoms with Crippen LogP contribution in [-0.4, -0.2) is 48.5 Å². The van der Waals surface area contributed by atoms with Gasteiger partial charge >= 0.3 is 26.8 Å². The van der Waals surface area contributed by atoms with Crippen LogP contribution in [0.15, 0.2) is 106 Å². The first-order chi connectivity index (χ1) is 16.8. The lowest BCUT2D eigenvalue weighted by molar-refractivity contribution is -0.150. The maximum absolute atomic E-state index is 12.8. The van der Waals surface area contributed by atoms with Gasteiger partial charge in [-0.05, 0) is 36.4 Å². The maximum Gasteiger partial charge on any atom is 0.387 e. The summed E-state index contributed by atoms with van der Waals surface area (Å²) in [6.07, 6.45) is 0. The molecule has 14 heteroatoms. The summed E-state index contributed by atoms with van der Waals surface area (Å²) >= 11 is 4.79. The second kappa shape index (κ2) is 12.6. The van der Waals surface area contributed by atoms with E-state index >= 15 is 0 Å². The molecule has 0 heterocycles. The number of carbonyl (C=O) groups excluding carboxylic acids is 1. The normalized spacial score (nSPS) is 12.8. The Bertz CT molecular complexity index is 1250. The summed E-state index contributed by atoms with van der Waals surface area (Å²) in [5.41, 5.74) is -3.87. The van der Waals surface area contributed by atoms with E-state index in [1.165, 1.54) is 14.7 Å². The van der Waals surface area contributed by atoms with Crippen molar-refractivity contribution in [3.05, 3.63) is 91.0 Å². The molecule has 3 aromatic rings. The summed E-state index contributed by atoms with van der Waals surface area (Å²) in [6, 6.07) is 32.2. The Kier molecular flexibility index (Phi) is 10.4. The van der Waals surface area contributed by atoms with Crippen molar-refractivity contribution in [1.29, 1.82) is 0 Å². The molecule has 0 saturated heterocycles. The summed E-state index contributed by atoms with van der Waals surface area (Å²) in [5, 5.41) is -5.55. The highest BCUT2D eigenvalue weighted by atomic mass is 35.5. The molecule has 36 heavy (non-hydrogen) atoms. The topological polar surface area (TPSA) is 138 Å². The van der Waals surface area contributed by atoms with Gasteiger partial charge < -0.3 is 9.29 Å². The Morgan fingerprint density at radius 2 is 1.19 bits per heavy atom. The van der Waals surface area contributed by atoms with Crippen LogP contribution in [0.4, 0.5) is 8.78 Å². The van der Waals surface area contributed by atoms with Gasteiger partial charge in [0.1, 0.15) is 5.88 Å². The van der Waals surface area contributed by atoms with Crippen molar-refractivity contribution in [2.45, 2.75) is 25.4 Å². The molecule has 0 aliphatic rings. The van der Waals surface area contributed by atoms with Gasteiger partial charge in [-0.2, -0.15) is 17.2 Å². The zero-order chi connectivity index (χ0) is 27.0. The minimum atomic E-state index is -6.48. The fourth-order valence-corrected chi connectivity index (χ4v) is 6.39. The van der Waals surface area contributed by atoms with E-state index in [-0.39, 0.29) is 10.9 Å². The molecule has 0 aromatic heterocycles. The van der Waals surface area contributed by atoms with E-state index in [9.17, 15) is 35.0 Å². The Labute approximate surface area is 214 Å². The molecule has 1 unspecified atom stereocenters. The Hall–Kier alpha value is -2.55. The number of benzene rings is 3. The minimum absolute atomic E-state index is 0.0146. The first-order valence-corrected chi connectivity index (χ1v) is 14.4. The van der Waals surface area contributed by atoms with Crippen LogP contribution in [0.25, 0.3) is 0 Å². The van der Waals surface area contributed by atoms with Crippen LogP contribution in [0, 0.1) is 0 Å². The molecule has 1 atom stereocenters. The lowest BCUT2D eigenvalue weighted by Crippen LogP contribution is -2.48. The van der Waals surface area contributed by atoms with Crippen molar-refractivity contribution in [3.8, 4) is 0 Å². The minimum Gasteiger partial charge on any atom is -0.743 e. The third-order valence-electron chi connectivity index (χ3n) is 4.16. The smallest absolute Gasteiger partial charge is 0.387 e. The van der Waals surface area contributed by atoms with Crippen LogP contribution in [0.5, 0.6) is 0 Å². The van der Waals surface area contributed by atoms with Crippen LogP contribution in [0.2, 0.25) is 0 Å². The van der Waals surface area contributed by atoms with Gasteiger partial charge in [-0.25, -0.2) is 8.42 Å². The summed E-state index contributed by atoms with van der Waals surface area (Å²) in [4.78, 5) is 14.6. The number of ether oxygens (including phenoxy) is 1. The number of hydrogen-bond donors (Lipinski definition) is 1. The van der Waals surface area contributed by atoms with Crippen LogP contribution >= 0.6 is 11.6 Å². The Balaban J connectivity index is 0.000000256. The van der Waals surface area contributed by atoms with Gasteiger partial charge in [-0.15, -0.1) is 11.6 Å². The van der Waals surface area contributed by atoms with Crippen LogP contribution in [0.1, 0.15) is 0 Å². The van der Waals surface area contributed by atoms with Crippen LogP contribution in [0.3, 0.4) is 0 Å². The largest absolute Gasteiger partial charge is 0.743 e. The van der Waals surface area contributed by atoms with Crippen molar-refractivity contribution in [1.82, 2.24) is 0 Å². The predicted octanol–water partition coefficient (Wildman–Crippen LogP) is 3.90. The summed E-state index contributed by atoms with van der Waals surface area (Å²) in [6.45, 7) is 0. The third kappa shape index (κ3) is 7.98. The van der Waals surface area contributed by atoms with Gasteiger partial charge in [0.2, 0.25) is 0 Å². The van der Waals surface area contributed by atoms with E-state index in [1.54, 1.807) is 0 Å². The van der Waals surface area contributed by atoms with Gasteiger partial charge in [0.25, 0.3) is 0 Å². The second-order valence-corrected chi connectivity index (χ2v) is 11.9. The van der Waals surface area contributed by atoms with Crippen molar-refractivity contribution in [2.24, 2.45) is 0 Å². The predicted molar refractivity (Wildman–Crippen MR) is 128 cm³/mol. The number of halogens is 3. The molecule has 8 nitrogen and oxygen atoms in total. The first kappa shape index (κ1) is 29.7. The maximum atomic E-state index is 12.8. The second-order valence-electron chi connectivity index (χ2n) is 6.73. The molecule has 3 aromatic carbocycles. The molecule has 0 radical (unpaired) electrons. The van der Waals surface area contributed by atoms with Gasteiger partial charge in [0.15, 0.2) is 24.8 Å². The average Bonchev–Trinajstić information content (AvgIpc) is 2.83. The van der Waals surface area contributed by atoms with Gasteiger partial charge in [0.05, 0.1) is 10.9 Å². The number of hydrogen-bond acceptors (Lipinski definition) is 7. The highest BCUT2D eigenvalue weighted by Gasteiger charge is 2.56. The lowest BCUT2D eigenvalue weighted by atomic mass is 10.4. The molecule has 3 rings (SSSR count). The number of rotatable bonds is 8. The van der Waals surface area contributed by atoms with E-state index in [4.69, 9.17) is 16.2 Å². The summed E-state index contributed by atoms with van der Waals surface area (Å²) in [7, 11) is -12.3. The molecule has 0 spiro atoms. The third-order valence-corrected chi connectivity index (χ3v) is 8.57. The Morgan fingerprint density at radius 1 is 0.861 bits per heavy atom. The quantitative estimate of drug-likeness (QED) is 0.183. The molecule has 0 amide bonds. The first-order valence-electron chi connectivity index (χ1n) is 9.73. The highest BCUT2D eigenvalue weighted by molar-refractivity contribution is 7.97. The number of carbonyl (C=O) groups is 1. The van der Waals surface area contributed by atoms with E-state index in [0.29, 0.717) is 0 Å². The summed E-state index contributed by atoms with van der Waals surface area (Å²) < 4.78 is 88.5. The van der Waals surface area contributed by atoms with Crippen molar-refractivity contribution in [2.75, 3.05) is 5.88 Å². The fourth-order valence-electron chi connectivity index (χ4n) is 2.65. The zero-order valence-electron chi connectivity index (χ0n) is 18.1. The molecule has 0 aliphatic heterocycles. The number of esters is 1. The Morgan fingerprint density at radius 3 is 1.44 bits per heavy atom. The molecule has 194 valence electrons. The average molecular weight is 581 g/mol. The molecule has 0 bridgehead atoms. The standard InChI is InChI=1S/C18H15S.C4H5ClF2O8S2/c1-4-10-16(11-5-1)19(17-12-6-2-7-13-17)18-14-8-3-9-15-18;5-1-2(8)15-3(16(9,10)11)4(6,7)17(12,13)14/h1-15H;3H,1H2,(H,9,10,11)(H,12,13,14)/q+1;/p-1. The SMILES string of the molecule is O=C(CCl)OC(C(F)(F)S(=O)(=O)[O-])S(=O)(=O)O.c1ccc([S+](c2ccccc2)c2ccccc2)cc1. The molecular formula is C22H19ClF2O8S3. The van der Waals surface area contributed by atoms with Gasteiger partial charge in [-0.3, -0.25) is 9.35 Å². The molecule has 0 aliphatic carbocycles. The van der Waals surface area contributed by atoms with E-state index in [2.05, 4.69) is 95.7 Å². The van der Waals surface area contributed by atoms with Gasteiger partial charge in [0, 0.05) is 0 Å². The molecular weight excluding hydrogens is 562 g/mol.